The van der Waals surface area contributed by atoms with Gasteiger partial charge >= 0.3 is 0 Å². The average molecular weight is 516 g/mol. The molecule has 0 amide bonds. The van der Waals surface area contributed by atoms with E-state index in [1.54, 1.807) is 7.11 Å². The lowest BCUT2D eigenvalue weighted by Gasteiger charge is -2.37. The molecule has 2 saturated heterocycles. The zero-order valence-corrected chi connectivity index (χ0v) is 20.4. The summed E-state index contributed by atoms with van der Waals surface area (Å²) in [5, 5.41) is 7.09. The van der Waals surface area contributed by atoms with Gasteiger partial charge in [-0.15, -0.1) is 24.0 Å². The molecule has 0 bridgehead atoms. The zero-order valence-electron chi connectivity index (χ0n) is 18.1. The smallest absolute Gasteiger partial charge is 0.191 e. The minimum absolute atomic E-state index is 0. The number of ether oxygens (including phenoxy) is 2. The van der Waals surface area contributed by atoms with Gasteiger partial charge in [-0.05, 0) is 30.9 Å². The van der Waals surface area contributed by atoms with Crippen LogP contribution in [0.25, 0.3) is 0 Å². The predicted molar refractivity (Wildman–Crippen MR) is 129 cm³/mol. The van der Waals surface area contributed by atoms with E-state index in [1.165, 1.54) is 11.1 Å². The summed E-state index contributed by atoms with van der Waals surface area (Å²) in [5.41, 5.74) is 2.67. The Morgan fingerprint density at radius 3 is 2.55 bits per heavy atom. The highest BCUT2D eigenvalue weighted by atomic mass is 127. The Balaban J connectivity index is 0.00000300. The largest absolute Gasteiger partial charge is 0.381 e. The number of benzene rings is 1. The summed E-state index contributed by atoms with van der Waals surface area (Å²) < 4.78 is 11.3. The molecule has 164 valence electrons. The van der Waals surface area contributed by atoms with Crippen molar-refractivity contribution in [3.05, 3.63) is 35.4 Å². The molecule has 3 rings (SSSR count). The molecule has 0 saturated carbocycles. The van der Waals surface area contributed by atoms with Crippen LogP contribution in [0.2, 0.25) is 0 Å². The molecule has 0 aromatic heterocycles. The maximum Gasteiger partial charge on any atom is 0.191 e. The molecule has 2 fully saturated rings. The number of likely N-dealkylation sites (tertiary alicyclic amines) is 1. The maximum atomic E-state index is 5.81. The van der Waals surface area contributed by atoms with Gasteiger partial charge in [0, 0.05) is 72.4 Å². The van der Waals surface area contributed by atoms with Gasteiger partial charge in [0.05, 0.1) is 5.60 Å². The average Bonchev–Trinajstić information content (AvgIpc) is 2.74. The number of aliphatic imine (C=N–C) groups is 1. The van der Waals surface area contributed by atoms with Gasteiger partial charge in [0.2, 0.25) is 0 Å². The van der Waals surface area contributed by atoms with Crippen LogP contribution in [-0.2, 0) is 16.0 Å². The van der Waals surface area contributed by atoms with E-state index < -0.39 is 0 Å². The Labute approximate surface area is 192 Å². The van der Waals surface area contributed by atoms with Crippen molar-refractivity contribution in [2.24, 2.45) is 4.99 Å². The summed E-state index contributed by atoms with van der Waals surface area (Å²) in [6.45, 7) is 7.76. The number of guanidine groups is 1. The number of piperidine rings is 1. The van der Waals surface area contributed by atoms with Gasteiger partial charge in [-0.25, -0.2) is 0 Å². The van der Waals surface area contributed by atoms with E-state index in [0.717, 1.165) is 71.0 Å². The molecule has 1 aromatic rings. The summed E-state index contributed by atoms with van der Waals surface area (Å²) in [6.07, 6.45) is 4.11. The van der Waals surface area contributed by atoms with Crippen LogP contribution < -0.4 is 10.6 Å². The molecule has 0 spiro atoms. The molecule has 2 heterocycles. The van der Waals surface area contributed by atoms with Gasteiger partial charge in [0.25, 0.3) is 0 Å². The fourth-order valence-corrected chi connectivity index (χ4v) is 4.09. The lowest BCUT2D eigenvalue weighted by molar-refractivity contribution is -0.0855. The maximum absolute atomic E-state index is 5.81. The van der Waals surface area contributed by atoms with E-state index in [2.05, 4.69) is 51.7 Å². The molecule has 2 aliphatic rings. The Bertz CT molecular complexity index is 641. The summed E-state index contributed by atoms with van der Waals surface area (Å²) in [7, 11) is 3.64. The molecule has 0 atom stereocenters. The second-order valence-electron chi connectivity index (χ2n) is 8.05. The first-order valence-electron chi connectivity index (χ1n) is 10.5. The summed E-state index contributed by atoms with van der Waals surface area (Å²) in [6, 6.07) is 9.16. The summed E-state index contributed by atoms with van der Waals surface area (Å²) >= 11 is 0. The van der Waals surface area contributed by atoms with E-state index in [-0.39, 0.29) is 29.6 Å². The highest BCUT2D eigenvalue weighted by molar-refractivity contribution is 14.0. The Kier molecular flexibility index (Phi) is 10.1. The topological polar surface area (TPSA) is 58.1 Å². The minimum atomic E-state index is -0.146. The van der Waals surface area contributed by atoms with Crippen LogP contribution in [-0.4, -0.2) is 69.5 Å². The van der Waals surface area contributed by atoms with Gasteiger partial charge in [0.15, 0.2) is 5.96 Å². The Hall–Kier alpha value is -0.900. The zero-order chi connectivity index (χ0) is 19.8. The summed E-state index contributed by atoms with van der Waals surface area (Å²) in [4.78, 5) is 6.98. The Morgan fingerprint density at radius 1 is 1.24 bits per heavy atom. The molecule has 0 aliphatic carbocycles. The molecule has 0 radical (unpaired) electrons. The van der Waals surface area contributed by atoms with Crippen molar-refractivity contribution in [1.82, 2.24) is 15.5 Å². The number of hydrogen-bond donors (Lipinski definition) is 2. The first-order valence-corrected chi connectivity index (χ1v) is 10.5. The number of nitrogens with zero attached hydrogens (tertiary/aromatic N) is 2. The normalized spacial score (nSPS) is 20.7. The van der Waals surface area contributed by atoms with Crippen molar-refractivity contribution in [2.75, 3.05) is 47.0 Å². The third-order valence-corrected chi connectivity index (χ3v) is 6.22. The van der Waals surface area contributed by atoms with Crippen molar-refractivity contribution < 1.29 is 9.47 Å². The molecular formula is C22H37IN4O2. The molecule has 6 nitrogen and oxygen atoms in total. The highest BCUT2D eigenvalue weighted by Gasteiger charge is 2.32. The molecule has 29 heavy (non-hydrogen) atoms. The highest BCUT2D eigenvalue weighted by Crippen LogP contribution is 2.23. The van der Waals surface area contributed by atoms with E-state index in [4.69, 9.17) is 9.47 Å². The first-order chi connectivity index (χ1) is 13.6. The van der Waals surface area contributed by atoms with Crippen LogP contribution in [0.3, 0.4) is 0 Å². The second-order valence-corrected chi connectivity index (χ2v) is 8.05. The van der Waals surface area contributed by atoms with Gasteiger partial charge in [-0.3, -0.25) is 9.89 Å². The number of nitrogens with one attached hydrogen (secondary N) is 2. The molecule has 0 unspecified atom stereocenters. The lowest BCUT2D eigenvalue weighted by Crippen LogP contribution is -2.53. The Morgan fingerprint density at radius 2 is 1.93 bits per heavy atom. The SMILES string of the molecule is CN=C(NCC1(OC)CCOCC1)NC1CCN(Cc2ccccc2C)CC1.I. The second kappa shape index (κ2) is 12.1. The fraction of sp³-hybridized carbons (Fsp3) is 0.682. The van der Waals surface area contributed by atoms with Crippen molar-refractivity contribution >= 4 is 29.9 Å². The first kappa shape index (κ1) is 24.4. The monoisotopic (exact) mass is 516 g/mol. The molecule has 2 N–H and O–H groups in total. The van der Waals surface area contributed by atoms with E-state index in [1.807, 2.05) is 7.05 Å². The van der Waals surface area contributed by atoms with Crippen molar-refractivity contribution in [3.8, 4) is 0 Å². The van der Waals surface area contributed by atoms with Gasteiger partial charge in [-0.1, -0.05) is 24.3 Å². The van der Waals surface area contributed by atoms with Gasteiger partial charge in [0.1, 0.15) is 0 Å². The quantitative estimate of drug-likeness (QED) is 0.346. The number of aryl methyl sites for hydroxylation is 1. The van der Waals surface area contributed by atoms with E-state index in [9.17, 15) is 0 Å². The van der Waals surface area contributed by atoms with Crippen LogP contribution in [0.1, 0.15) is 36.8 Å². The lowest BCUT2D eigenvalue weighted by atomic mass is 9.94. The third kappa shape index (κ3) is 7.08. The van der Waals surface area contributed by atoms with Crippen LogP contribution in [0.4, 0.5) is 0 Å². The van der Waals surface area contributed by atoms with Crippen LogP contribution >= 0.6 is 24.0 Å². The molecule has 1 aromatic carbocycles. The van der Waals surface area contributed by atoms with Gasteiger partial charge in [-0.2, -0.15) is 0 Å². The molecule has 7 heteroatoms. The van der Waals surface area contributed by atoms with Gasteiger partial charge < -0.3 is 20.1 Å². The van der Waals surface area contributed by atoms with Crippen LogP contribution in [0, 0.1) is 6.92 Å². The minimum Gasteiger partial charge on any atom is -0.381 e. The van der Waals surface area contributed by atoms with Crippen molar-refractivity contribution in [1.29, 1.82) is 0 Å². The van der Waals surface area contributed by atoms with Crippen molar-refractivity contribution in [3.63, 3.8) is 0 Å². The number of rotatable bonds is 6. The number of methoxy groups -OCH3 is 1. The number of hydrogen-bond acceptors (Lipinski definition) is 4. The standard InChI is InChI=1S/C22H36N4O2.HI/c1-18-6-4-5-7-19(18)16-26-12-8-20(9-13-26)25-21(23-2)24-17-22(27-3)10-14-28-15-11-22;/h4-7,20H,8-17H2,1-3H3,(H2,23,24,25);1H. The van der Waals surface area contributed by atoms with Crippen LogP contribution in [0.5, 0.6) is 0 Å². The third-order valence-electron chi connectivity index (χ3n) is 6.22. The summed E-state index contributed by atoms with van der Waals surface area (Å²) in [5.74, 6) is 0.875. The molecular weight excluding hydrogens is 479 g/mol. The van der Waals surface area contributed by atoms with Crippen LogP contribution in [0.15, 0.2) is 29.3 Å². The fourth-order valence-electron chi connectivity index (χ4n) is 4.09. The predicted octanol–water partition coefficient (Wildman–Crippen LogP) is 2.94. The molecule has 2 aliphatic heterocycles. The number of halogens is 1. The van der Waals surface area contributed by atoms with E-state index in [0.29, 0.717) is 6.04 Å². The van der Waals surface area contributed by atoms with Crippen molar-refractivity contribution in [2.45, 2.75) is 50.8 Å². The van der Waals surface area contributed by atoms with E-state index >= 15 is 0 Å².